The lowest BCUT2D eigenvalue weighted by molar-refractivity contribution is -0.118. The molecule has 0 saturated carbocycles. The van der Waals surface area contributed by atoms with Gasteiger partial charge in [0.1, 0.15) is 5.78 Å². The van der Waals surface area contributed by atoms with E-state index in [9.17, 15) is 4.79 Å². The van der Waals surface area contributed by atoms with Gasteiger partial charge in [0.25, 0.3) is 0 Å². The SMILES string of the molecule is O=C(CCCC1CCCO1)C1Cc2ccccc2S1. The molecule has 2 aliphatic heterocycles. The van der Waals surface area contributed by atoms with Crippen LogP contribution in [0, 0.1) is 0 Å². The predicted molar refractivity (Wildman–Crippen MR) is 77.6 cm³/mol. The quantitative estimate of drug-likeness (QED) is 0.821. The van der Waals surface area contributed by atoms with E-state index in [1.165, 1.54) is 23.3 Å². The van der Waals surface area contributed by atoms with E-state index in [-0.39, 0.29) is 5.25 Å². The minimum Gasteiger partial charge on any atom is -0.378 e. The van der Waals surface area contributed by atoms with Crippen molar-refractivity contribution in [3.63, 3.8) is 0 Å². The fourth-order valence-electron chi connectivity index (χ4n) is 2.90. The van der Waals surface area contributed by atoms with Crippen molar-refractivity contribution in [2.75, 3.05) is 6.61 Å². The van der Waals surface area contributed by atoms with Crippen LogP contribution in [0.3, 0.4) is 0 Å². The van der Waals surface area contributed by atoms with Gasteiger partial charge >= 0.3 is 0 Å². The van der Waals surface area contributed by atoms with Crippen LogP contribution in [0.2, 0.25) is 0 Å². The van der Waals surface area contributed by atoms with Gasteiger partial charge in [0.15, 0.2) is 0 Å². The summed E-state index contributed by atoms with van der Waals surface area (Å²) in [7, 11) is 0. The van der Waals surface area contributed by atoms with Crippen LogP contribution in [0.5, 0.6) is 0 Å². The number of hydrogen-bond donors (Lipinski definition) is 0. The van der Waals surface area contributed by atoms with Crippen LogP contribution in [0.1, 0.15) is 37.7 Å². The first-order valence-electron chi connectivity index (χ1n) is 7.22. The number of benzene rings is 1. The Morgan fingerprint density at radius 1 is 1.37 bits per heavy atom. The molecular formula is C16H20O2S. The maximum atomic E-state index is 12.2. The third kappa shape index (κ3) is 3.21. The number of carbonyl (C=O) groups is 1. The molecular weight excluding hydrogens is 256 g/mol. The van der Waals surface area contributed by atoms with E-state index in [4.69, 9.17) is 4.74 Å². The zero-order valence-corrected chi connectivity index (χ0v) is 12.0. The van der Waals surface area contributed by atoms with Gasteiger partial charge in [0.2, 0.25) is 0 Å². The second-order valence-electron chi connectivity index (χ2n) is 5.41. The van der Waals surface area contributed by atoms with Gasteiger partial charge < -0.3 is 4.74 Å². The van der Waals surface area contributed by atoms with E-state index in [1.807, 2.05) is 0 Å². The lowest BCUT2D eigenvalue weighted by Gasteiger charge is -2.10. The van der Waals surface area contributed by atoms with Gasteiger partial charge in [-0.05, 0) is 43.7 Å². The third-order valence-corrected chi connectivity index (χ3v) is 5.35. The lowest BCUT2D eigenvalue weighted by Crippen LogP contribution is -2.16. The number of Topliss-reactive ketones (excluding diaryl/α,β-unsaturated/α-hetero) is 1. The molecule has 2 unspecified atom stereocenters. The molecule has 2 heterocycles. The normalized spacial score (nSPS) is 25.5. The number of ketones is 1. The molecule has 0 aliphatic carbocycles. The van der Waals surface area contributed by atoms with Gasteiger partial charge in [-0.1, -0.05) is 18.2 Å². The highest BCUT2D eigenvalue weighted by atomic mass is 32.2. The van der Waals surface area contributed by atoms with Gasteiger partial charge in [-0.25, -0.2) is 0 Å². The van der Waals surface area contributed by atoms with E-state index >= 15 is 0 Å². The Bertz CT molecular complexity index is 427. The summed E-state index contributed by atoms with van der Waals surface area (Å²) in [6.45, 7) is 0.909. The summed E-state index contributed by atoms with van der Waals surface area (Å²) < 4.78 is 5.59. The Balaban J connectivity index is 1.44. The highest BCUT2D eigenvalue weighted by Gasteiger charge is 2.27. The van der Waals surface area contributed by atoms with Crippen molar-refractivity contribution in [3.05, 3.63) is 29.8 Å². The summed E-state index contributed by atoms with van der Waals surface area (Å²) in [5.41, 5.74) is 1.34. The Labute approximate surface area is 118 Å². The Morgan fingerprint density at radius 3 is 3.05 bits per heavy atom. The second kappa shape index (κ2) is 6.10. The molecule has 1 aromatic rings. The molecule has 102 valence electrons. The van der Waals surface area contributed by atoms with Crippen molar-refractivity contribution in [1.29, 1.82) is 0 Å². The van der Waals surface area contributed by atoms with Crippen LogP contribution in [-0.4, -0.2) is 23.7 Å². The zero-order valence-electron chi connectivity index (χ0n) is 11.1. The van der Waals surface area contributed by atoms with Crippen LogP contribution in [0.25, 0.3) is 0 Å². The van der Waals surface area contributed by atoms with Gasteiger partial charge in [-0.3, -0.25) is 4.79 Å². The molecule has 2 nitrogen and oxygen atoms in total. The van der Waals surface area contributed by atoms with E-state index in [1.54, 1.807) is 11.8 Å². The molecule has 2 atom stereocenters. The highest BCUT2D eigenvalue weighted by Crippen LogP contribution is 2.37. The highest BCUT2D eigenvalue weighted by molar-refractivity contribution is 8.01. The van der Waals surface area contributed by atoms with Crippen molar-refractivity contribution >= 4 is 17.5 Å². The first-order valence-corrected chi connectivity index (χ1v) is 8.10. The standard InChI is InChI=1S/C16H20O2S/c17-14(8-3-6-13-7-4-10-18-13)16-11-12-5-1-2-9-15(12)19-16/h1-2,5,9,13,16H,3-4,6-8,10-11H2. The second-order valence-corrected chi connectivity index (χ2v) is 6.66. The Kier molecular flexibility index (Phi) is 4.24. The monoisotopic (exact) mass is 276 g/mol. The molecule has 3 heteroatoms. The fraction of sp³-hybridized carbons (Fsp3) is 0.562. The number of fused-ring (bicyclic) bond motifs is 1. The van der Waals surface area contributed by atoms with Gasteiger partial charge in [0, 0.05) is 17.9 Å². The molecule has 0 spiro atoms. The van der Waals surface area contributed by atoms with Crippen LogP contribution >= 0.6 is 11.8 Å². The summed E-state index contributed by atoms with van der Waals surface area (Å²) in [6, 6.07) is 8.38. The Morgan fingerprint density at radius 2 is 2.26 bits per heavy atom. The number of carbonyl (C=O) groups excluding carboxylic acids is 1. The molecule has 19 heavy (non-hydrogen) atoms. The minimum absolute atomic E-state index is 0.155. The van der Waals surface area contributed by atoms with Crippen molar-refractivity contribution < 1.29 is 9.53 Å². The summed E-state index contributed by atoms with van der Waals surface area (Å²) in [6.07, 6.45) is 6.45. The van der Waals surface area contributed by atoms with E-state index < -0.39 is 0 Å². The molecule has 2 aliphatic rings. The molecule has 0 N–H and O–H groups in total. The summed E-state index contributed by atoms with van der Waals surface area (Å²) in [5.74, 6) is 0.416. The minimum atomic E-state index is 0.155. The molecule has 3 rings (SSSR count). The first kappa shape index (κ1) is 13.2. The summed E-state index contributed by atoms with van der Waals surface area (Å²) in [4.78, 5) is 13.5. The summed E-state index contributed by atoms with van der Waals surface area (Å²) >= 11 is 1.75. The van der Waals surface area contributed by atoms with Crippen LogP contribution in [0.4, 0.5) is 0 Å². The van der Waals surface area contributed by atoms with Crippen molar-refractivity contribution in [1.82, 2.24) is 0 Å². The fourth-order valence-corrected chi connectivity index (χ4v) is 4.18. The van der Waals surface area contributed by atoms with Crippen LogP contribution < -0.4 is 0 Å². The maximum Gasteiger partial charge on any atom is 0.146 e. The molecule has 0 radical (unpaired) electrons. The molecule has 1 fully saturated rings. The van der Waals surface area contributed by atoms with Crippen molar-refractivity contribution in [2.45, 2.75) is 54.8 Å². The largest absolute Gasteiger partial charge is 0.378 e. The zero-order chi connectivity index (χ0) is 13.1. The first-order chi connectivity index (χ1) is 9.33. The van der Waals surface area contributed by atoms with Crippen molar-refractivity contribution in [3.8, 4) is 0 Å². The lowest BCUT2D eigenvalue weighted by atomic mass is 10.0. The average molecular weight is 276 g/mol. The number of hydrogen-bond acceptors (Lipinski definition) is 3. The topological polar surface area (TPSA) is 26.3 Å². The molecule has 0 bridgehead atoms. The van der Waals surface area contributed by atoms with Crippen LogP contribution in [-0.2, 0) is 16.0 Å². The van der Waals surface area contributed by atoms with Crippen LogP contribution in [0.15, 0.2) is 29.2 Å². The Hall–Kier alpha value is -0.800. The predicted octanol–water partition coefficient (Wildman–Crippen LogP) is 3.62. The third-order valence-electron chi connectivity index (χ3n) is 3.98. The van der Waals surface area contributed by atoms with Gasteiger partial charge in [0.05, 0.1) is 11.4 Å². The number of rotatable bonds is 5. The number of ether oxygens (including phenoxy) is 1. The summed E-state index contributed by atoms with van der Waals surface area (Å²) in [5, 5.41) is 0.155. The van der Waals surface area contributed by atoms with E-state index in [2.05, 4.69) is 24.3 Å². The molecule has 0 amide bonds. The maximum absolute atomic E-state index is 12.2. The van der Waals surface area contributed by atoms with E-state index in [0.29, 0.717) is 18.3 Å². The van der Waals surface area contributed by atoms with Gasteiger partial charge in [-0.15, -0.1) is 11.8 Å². The molecule has 0 aromatic heterocycles. The number of thioether (sulfide) groups is 1. The average Bonchev–Trinajstić information content (AvgIpc) is 3.07. The smallest absolute Gasteiger partial charge is 0.146 e. The molecule has 1 saturated heterocycles. The molecule has 1 aromatic carbocycles. The van der Waals surface area contributed by atoms with Crippen molar-refractivity contribution in [2.24, 2.45) is 0 Å². The van der Waals surface area contributed by atoms with E-state index in [0.717, 1.165) is 25.9 Å². The van der Waals surface area contributed by atoms with Gasteiger partial charge in [-0.2, -0.15) is 0 Å².